The van der Waals surface area contributed by atoms with Gasteiger partial charge in [0.15, 0.2) is 0 Å². The Labute approximate surface area is 94.2 Å². The molecule has 0 aromatic heterocycles. The van der Waals surface area contributed by atoms with Crippen molar-refractivity contribution in [2.24, 2.45) is 5.73 Å². The lowest BCUT2D eigenvalue weighted by Gasteiger charge is -2.44. The third-order valence-electron chi connectivity index (χ3n) is 4.59. The average molecular weight is 210 g/mol. The van der Waals surface area contributed by atoms with Crippen molar-refractivity contribution >= 4 is 0 Å². The van der Waals surface area contributed by atoms with Crippen molar-refractivity contribution in [3.8, 4) is 0 Å². The van der Waals surface area contributed by atoms with E-state index in [1.807, 2.05) is 0 Å². The van der Waals surface area contributed by atoms with Crippen molar-refractivity contribution < 1.29 is 0 Å². The first-order chi connectivity index (χ1) is 7.11. The number of nitrogens with two attached hydrogens (primary N) is 1. The summed E-state index contributed by atoms with van der Waals surface area (Å²) in [5.74, 6) is 0. The van der Waals surface area contributed by atoms with Gasteiger partial charge in [0.25, 0.3) is 0 Å². The Bertz CT molecular complexity index is 201. The molecule has 0 spiro atoms. The zero-order chi connectivity index (χ0) is 10.9. The van der Waals surface area contributed by atoms with Crippen molar-refractivity contribution in [3.05, 3.63) is 0 Å². The van der Waals surface area contributed by atoms with E-state index in [9.17, 15) is 0 Å². The Morgan fingerprint density at radius 2 is 1.73 bits per heavy atom. The zero-order valence-electron chi connectivity index (χ0n) is 10.3. The monoisotopic (exact) mass is 210 g/mol. The molecule has 0 radical (unpaired) electrons. The van der Waals surface area contributed by atoms with E-state index >= 15 is 0 Å². The van der Waals surface area contributed by atoms with Crippen molar-refractivity contribution in [1.29, 1.82) is 0 Å². The smallest absolute Gasteiger partial charge is 0.0166 e. The van der Waals surface area contributed by atoms with E-state index in [2.05, 4.69) is 18.7 Å². The van der Waals surface area contributed by atoms with Crippen LogP contribution in [-0.4, -0.2) is 29.1 Å². The van der Waals surface area contributed by atoms with Gasteiger partial charge in [-0.3, -0.25) is 4.90 Å². The predicted molar refractivity (Wildman–Crippen MR) is 64.9 cm³/mol. The first-order valence-corrected chi connectivity index (χ1v) is 6.65. The van der Waals surface area contributed by atoms with Crippen molar-refractivity contribution in [2.75, 3.05) is 6.54 Å². The van der Waals surface area contributed by atoms with Gasteiger partial charge in [0.1, 0.15) is 0 Å². The SMILES string of the molecule is CC1CCCC(C)N1CCC1(N)CCC1. The minimum absolute atomic E-state index is 0.205. The largest absolute Gasteiger partial charge is 0.325 e. The van der Waals surface area contributed by atoms with Crippen LogP contribution in [0.5, 0.6) is 0 Å². The third kappa shape index (κ3) is 2.54. The molecule has 1 aliphatic carbocycles. The molecule has 0 aromatic rings. The molecular formula is C13H26N2. The van der Waals surface area contributed by atoms with E-state index in [0.717, 1.165) is 12.1 Å². The molecule has 2 aliphatic rings. The van der Waals surface area contributed by atoms with Crippen LogP contribution in [0.4, 0.5) is 0 Å². The van der Waals surface area contributed by atoms with Gasteiger partial charge in [-0.05, 0) is 52.4 Å². The Kier molecular flexibility index (Phi) is 3.36. The van der Waals surface area contributed by atoms with Crippen LogP contribution in [0.25, 0.3) is 0 Å². The van der Waals surface area contributed by atoms with E-state index < -0.39 is 0 Å². The van der Waals surface area contributed by atoms with Gasteiger partial charge in [-0.1, -0.05) is 6.42 Å². The second kappa shape index (κ2) is 4.42. The molecule has 88 valence electrons. The van der Waals surface area contributed by atoms with Crippen LogP contribution in [-0.2, 0) is 0 Å². The zero-order valence-corrected chi connectivity index (χ0v) is 10.3. The Morgan fingerprint density at radius 3 is 2.20 bits per heavy atom. The molecule has 1 aliphatic heterocycles. The molecule has 0 amide bonds. The summed E-state index contributed by atoms with van der Waals surface area (Å²) in [5.41, 5.74) is 6.49. The molecular weight excluding hydrogens is 184 g/mol. The number of piperidine rings is 1. The van der Waals surface area contributed by atoms with Gasteiger partial charge in [-0.2, -0.15) is 0 Å². The fraction of sp³-hybridized carbons (Fsp3) is 1.00. The van der Waals surface area contributed by atoms with Crippen LogP contribution in [0.2, 0.25) is 0 Å². The maximum atomic E-state index is 6.28. The lowest BCUT2D eigenvalue weighted by molar-refractivity contribution is 0.0823. The molecule has 1 saturated heterocycles. The van der Waals surface area contributed by atoms with Crippen molar-refractivity contribution in [1.82, 2.24) is 4.90 Å². The van der Waals surface area contributed by atoms with Gasteiger partial charge in [-0.15, -0.1) is 0 Å². The molecule has 2 unspecified atom stereocenters. The number of likely N-dealkylation sites (tertiary alicyclic amines) is 1. The fourth-order valence-electron chi connectivity index (χ4n) is 3.15. The first kappa shape index (κ1) is 11.4. The summed E-state index contributed by atoms with van der Waals surface area (Å²) in [6, 6.07) is 1.55. The number of hydrogen-bond donors (Lipinski definition) is 1. The standard InChI is InChI=1S/C13H26N2/c1-11-5-3-6-12(2)15(11)10-9-13(14)7-4-8-13/h11-12H,3-10,14H2,1-2H3. The third-order valence-corrected chi connectivity index (χ3v) is 4.59. The summed E-state index contributed by atoms with van der Waals surface area (Å²) in [7, 11) is 0. The Hall–Kier alpha value is -0.0800. The fourth-order valence-corrected chi connectivity index (χ4v) is 3.15. The number of rotatable bonds is 3. The van der Waals surface area contributed by atoms with Gasteiger partial charge >= 0.3 is 0 Å². The van der Waals surface area contributed by atoms with Gasteiger partial charge in [0.05, 0.1) is 0 Å². The summed E-state index contributed by atoms with van der Waals surface area (Å²) in [6.45, 7) is 5.97. The molecule has 2 fully saturated rings. The second-order valence-corrected chi connectivity index (χ2v) is 5.83. The molecule has 2 nitrogen and oxygen atoms in total. The predicted octanol–water partition coefficient (Wildman–Crippen LogP) is 2.52. The van der Waals surface area contributed by atoms with Crippen LogP contribution >= 0.6 is 0 Å². The summed E-state index contributed by atoms with van der Waals surface area (Å²) < 4.78 is 0. The summed E-state index contributed by atoms with van der Waals surface area (Å²) >= 11 is 0. The molecule has 2 heteroatoms. The van der Waals surface area contributed by atoms with E-state index in [0.29, 0.717) is 0 Å². The molecule has 15 heavy (non-hydrogen) atoms. The second-order valence-electron chi connectivity index (χ2n) is 5.83. The van der Waals surface area contributed by atoms with Gasteiger partial charge in [-0.25, -0.2) is 0 Å². The van der Waals surface area contributed by atoms with Crippen LogP contribution in [0.15, 0.2) is 0 Å². The summed E-state index contributed by atoms with van der Waals surface area (Å²) in [5, 5.41) is 0. The van der Waals surface area contributed by atoms with E-state index in [4.69, 9.17) is 5.73 Å². The summed E-state index contributed by atoms with van der Waals surface area (Å²) in [6.07, 6.45) is 9.23. The van der Waals surface area contributed by atoms with Gasteiger partial charge in [0, 0.05) is 24.2 Å². The lowest BCUT2D eigenvalue weighted by atomic mass is 9.75. The van der Waals surface area contributed by atoms with E-state index in [1.165, 1.54) is 51.5 Å². The maximum absolute atomic E-state index is 6.28. The minimum Gasteiger partial charge on any atom is -0.325 e. The quantitative estimate of drug-likeness (QED) is 0.775. The van der Waals surface area contributed by atoms with Crippen molar-refractivity contribution in [3.63, 3.8) is 0 Å². The molecule has 0 bridgehead atoms. The van der Waals surface area contributed by atoms with Crippen molar-refractivity contribution in [2.45, 2.75) is 76.4 Å². The highest BCUT2D eigenvalue weighted by Crippen LogP contribution is 2.33. The lowest BCUT2D eigenvalue weighted by Crippen LogP contribution is -2.51. The molecule has 1 saturated carbocycles. The van der Waals surface area contributed by atoms with Crippen LogP contribution in [0.1, 0.15) is 58.8 Å². The molecule has 2 N–H and O–H groups in total. The minimum atomic E-state index is 0.205. The van der Waals surface area contributed by atoms with Crippen LogP contribution in [0, 0.1) is 0 Å². The maximum Gasteiger partial charge on any atom is 0.0166 e. The molecule has 2 atom stereocenters. The first-order valence-electron chi connectivity index (χ1n) is 6.65. The molecule has 2 rings (SSSR count). The topological polar surface area (TPSA) is 29.3 Å². The number of hydrogen-bond acceptors (Lipinski definition) is 2. The Balaban J connectivity index is 1.81. The highest BCUT2D eigenvalue weighted by Gasteiger charge is 2.34. The summed E-state index contributed by atoms with van der Waals surface area (Å²) in [4.78, 5) is 2.68. The van der Waals surface area contributed by atoms with Crippen LogP contribution in [0.3, 0.4) is 0 Å². The highest BCUT2D eigenvalue weighted by atomic mass is 15.2. The van der Waals surface area contributed by atoms with E-state index in [-0.39, 0.29) is 5.54 Å². The number of nitrogens with zero attached hydrogens (tertiary/aromatic N) is 1. The molecule has 0 aromatic carbocycles. The van der Waals surface area contributed by atoms with E-state index in [1.54, 1.807) is 0 Å². The van der Waals surface area contributed by atoms with Crippen LogP contribution < -0.4 is 5.73 Å². The normalized spacial score (nSPS) is 36.2. The average Bonchev–Trinajstić information content (AvgIpc) is 2.14. The Morgan fingerprint density at radius 1 is 1.13 bits per heavy atom. The van der Waals surface area contributed by atoms with Gasteiger partial charge < -0.3 is 5.73 Å². The van der Waals surface area contributed by atoms with Gasteiger partial charge in [0.2, 0.25) is 0 Å². The molecule has 1 heterocycles. The highest BCUT2D eigenvalue weighted by molar-refractivity contribution is 4.94.